The molecule has 0 atom stereocenters. The second-order valence-corrected chi connectivity index (χ2v) is 5.11. The van der Waals surface area contributed by atoms with Crippen LogP contribution in [0.2, 0.25) is 0 Å². The summed E-state index contributed by atoms with van der Waals surface area (Å²) in [6, 6.07) is 8.24. The predicted octanol–water partition coefficient (Wildman–Crippen LogP) is 2.36. The average Bonchev–Trinajstić information content (AvgIpc) is 2.43. The van der Waals surface area contributed by atoms with E-state index in [0.29, 0.717) is 0 Å². The van der Waals surface area contributed by atoms with Gasteiger partial charge in [0.2, 0.25) is 0 Å². The highest BCUT2D eigenvalue weighted by Crippen LogP contribution is 2.27. The van der Waals surface area contributed by atoms with Crippen LogP contribution in [0.3, 0.4) is 0 Å². The Bertz CT molecular complexity index is 544. The van der Waals surface area contributed by atoms with Gasteiger partial charge in [0.05, 0.1) is 5.52 Å². The number of rotatable bonds is 2. The van der Waals surface area contributed by atoms with Crippen molar-refractivity contribution in [1.82, 2.24) is 10.3 Å². The molecule has 94 valence electrons. The second-order valence-electron chi connectivity index (χ2n) is 5.11. The molecule has 0 saturated carbocycles. The van der Waals surface area contributed by atoms with E-state index in [1.165, 1.54) is 18.4 Å². The van der Waals surface area contributed by atoms with Gasteiger partial charge in [0, 0.05) is 17.3 Å². The first-order chi connectivity index (χ1) is 8.84. The number of piperidine rings is 1. The lowest BCUT2D eigenvalue weighted by Gasteiger charge is -2.23. The van der Waals surface area contributed by atoms with Crippen molar-refractivity contribution in [3.8, 4) is 0 Å². The molecule has 3 nitrogen and oxygen atoms in total. The number of benzene rings is 1. The Balaban J connectivity index is 1.89. The molecule has 3 heteroatoms. The molecule has 0 amide bonds. The molecule has 2 aromatic rings. The number of pyridine rings is 1. The maximum Gasteiger partial charge on any atom is 0.0722 e. The molecule has 3 rings (SSSR count). The van der Waals surface area contributed by atoms with Crippen LogP contribution in [0.5, 0.6) is 0 Å². The van der Waals surface area contributed by atoms with Gasteiger partial charge >= 0.3 is 0 Å². The first-order valence-corrected chi connectivity index (χ1v) is 6.67. The maximum absolute atomic E-state index is 6.28. The molecule has 1 fully saturated rings. The lowest BCUT2D eigenvalue weighted by molar-refractivity contribution is 0.373. The van der Waals surface area contributed by atoms with Gasteiger partial charge in [-0.05, 0) is 62.0 Å². The fourth-order valence-electron chi connectivity index (χ4n) is 2.80. The Morgan fingerprint density at radius 2 is 2.06 bits per heavy atom. The molecule has 0 radical (unpaired) electrons. The number of hydrogen-bond donors (Lipinski definition) is 2. The van der Waals surface area contributed by atoms with E-state index in [2.05, 4.69) is 28.5 Å². The normalized spacial score (nSPS) is 17.1. The summed E-state index contributed by atoms with van der Waals surface area (Å²) in [6.07, 6.45) is 5.42. The van der Waals surface area contributed by atoms with Gasteiger partial charge in [-0.2, -0.15) is 0 Å². The van der Waals surface area contributed by atoms with E-state index in [1.54, 1.807) is 0 Å². The van der Waals surface area contributed by atoms with Crippen LogP contribution >= 0.6 is 0 Å². The first-order valence-electron chi connectivity index (χ1n) is 6.67. The van der Waals surface area contributed by atoms with Crippen LogP contribution in [-0.4, -0.2) is 18.1 Å². The number of nitrogens with two attached hydrogens (primary N) is 1. The third-order valence-corrected chi connectivity index (χ3v) is 3.88. The summed E-state index contributed by atoms with van der Waals surface area (Å²) in [7, 11) is 0. The number of hydrogen-bond acceptors (Lipinski definition) is 3. The number of anilines is 1. The number of nitrogens with one attached hydrogen (secondary N) is 1. The Morgan fingerprint density at radius 3 is 2.89 bits per heavy atom. The minimum Gasteiger partial charge on any atom is -0.398 e. The standard InChI is InChI=1S/C15H19N3/c16-15-12(10-11-5-8-17-9-6-11)3-4-14-13(15)2-1-7-18-14/h1-4,7,11,17H,5-6,8-10,16H2. The Hall–Kier alpha value is -1.61. The quantitative estimate of drug-likeness (QED) is 0.794. The summed E-state index contributed by atoms with van der Waals surface area (Å²) in [5.74, 6) is 0.766. The Morgan fingerprint density at radius 1 is 1.22 bits per heavy atom. The Kier molecular flexibility index (Phi) is 3.15. The molecule has 3 N–H and O–H groups in total. The van der Waals surface area contributed by atoms with E-state index >= 15 is 0 Å². The lowest BCUT2D eigenvalue weighted by Crippen LogP contribution is -2.28. The topological polar surface area (TPSA) is 50.9 Å². The highest BCUT2D eigenvalue weighted by atomic mass is 14.9. The second kappa shape index (κ2) is 4.94. The zero-order chi connectivity index (χ0) is 12.4. The molecule has 1 saturated heterocycles. The molecule has 0 unspecified atom stereocenters. The zero-order valence-electron chi connectivity index (χ0n) is 10.5. The molecule has 0 aliphatic carbocycles. The summed E-state index contributed by atoms with van der Waals surface area (Å²) in [5, 5.41) is 4.49. The molecule has 2 heterocycles. The minimum absolute atomic E-state index is 0.766. The molecule has 18 heavy (non-hydrogen) atoms. The molecular weight excluding hydrogens is 222 g/mol. The van der Waals surface area contributed by atoms with Crippen molar-refractivity contribution in [3.63, 3.8) is 0 Å². The third-order valence-electron chi connectivity index (χ3n) is 3.88. The average molecular weight is 241 g/mol. The molecular formula is C15H19N3. The van der Waals surface area contributed by atoms with Crippen LogP contribution in [0, 0.1) is 5.92 Å². The Labute approximate surface area is 107 Å². The van der Waals surface area contributed by atoms with E-state index in [-0.39, 0.29) is 0 Å². The monoisotopic (exact) mass is 241 g/mol. The molecule has 0 spiro atoms. The van der Waals surface area contributed by atoms with E-state index in [4.69, 9.17) is 5.73 Å². The number of nitrogen functional groups attached to an aromatic ring is 1. The molecule has 1 aliphatic rings. The van der Waals surface area contributed by atoms with E-state index < -0.39 is 0 Å². The van der Waals surface area contributed by atoms with Crippen molar-refractivity contribution in [1.29, 1.82) is 0 Å². The van der Waals surface area contributed by atoms with Gasteiger partial charge in [0.1, 0.15) is 0 Å². The van der Waals surface area contributed by atoms with Crippen LogP contribution in [-0.2, 0) is 6.42 Å². The lowest BCUT2D eigenvalue weighted by atomic mass is 9.90. The van der Waals surface area contributed by atoms with Crippen molar-refractivity contribution in [2.75, 3.05) is 18.8 Å². The summed E-state index contributed by atoms with van der Waals surface area (Å²) in [6.45, 7) is 2.28. The van der Waals surface area contributed by atoms with Gasteiger partial charge in [-0.25, -0.2) is 0 Å². The summed E-state index contributed by atoms with van der Waals surface area (Å²) >= 11 is 0. The van der Waals surface area contributed by atoms with Gasteiger partial charge in [0.25, 0.3) is 0 Å². The van der Waals surface area contributed by atoms with Crippen LogP contribution in [0.25, 0.3) is 10.9 Å². The third kappa shape index (κ3) is 2.18. The smallest absolute Gasteiger partial charge is 0.0722 e. The van der Waals surface area contributed by atoms with Crippen molar-refractivity contribution < 1.29 is 0 Å². The van der Waals surface area contributed by atoms with E-state index in [9.17, 15) is 0 Å². The highest BCUT2D eigenvalue weighted by Gasteiger charge is 2.15. The summed E-state index contributed by atoms with van der Waals surface area (Å²) in [5.41, 5.74) is 9.47. The summed E-state index contributed by atoms with van der Waals surface area (Å²) < 4.78 is 0. The largest absolute Gasteiger partial charge is 0.398 e. The fraction of sp³-hybridized carbons (Fsp3) is 0.400. The van der Waals surface area contributed by atoms with Crippen molar-refractivity contribution in [2.24, 2.45) is 5.92 Å². The zero-order valence-corrected chi connectivity index (χ0v) is 10.5. The van der Waals surface area contributed by atoms with Crippen LogP contribution in [0.15, 0.2) is 30.5 Å². The minimum atomic E-state index is 0.766. The van der Waals surface area contributed by atoms with Gasteiger partial charge in [-0.1, -0.05) is 6.07 Å². The van der Waals surface area contributed by atoms with Crippen LogP contribution in [0.1, 0.15) is 18.4 Å². The van der Waals surface area contributed by atoms with Crippen molar-refractivity contribution in [2.45, 2.75) is 19.3 Å². The first kappa shape index (κ1) is 11.5. The number of fused-ring (bicyclic) bond motifs is 1. The van der Waals surface area contributed by atoms with E-state index in [1.807, 2.05) is 12.3 Å². The molecule has 1 aromatic carbocycles. The number of nitrogens with zero attached hydrogens (tertiary/aromatic N) is 1. The summed E-state index contributed by atoms with van der Waals surface area (Å²) in [4.78, 5) is 4.34. The number of aromatic nitrogens is 1. The molecule has 1 aliphatic heterocycles. The van der Waals surface area contributed by atoms with E-state index in [0.717, 1.165) is 42.0 Å². The fourth-order valence-corrected chi connectivity index (χ4v) is 2.80. The maximum atomic E-state index is 6.28. The van der Waals surface area contributed by atoms with Gasteiger partial charge in [0.15, 0.2) is 0 Å². The van der Waals surface area contributed by atoms with Gasteiger partial charge < -0.3 is 11.1 Å². The highest BCUT2D eigenvalue weighted by molar-refractivity contribution is 5.91. The predicted molar refractivity (Wildman–Crippen MR) is 75.5 cm³/mol. The SMILES string of the molecule is Nc1c(CC2CCNCC2)ccc2ncccc12. The molecule has 1 aromatic heterocycles. The van der Waals surface area contributed by atoms with Crippen LogP contribution < -0.4 is 11.1 Å². The van der Waals surface area contributed by atoms with Gasteiger partial charge in [-0.3, -0.25) is 4.98 Å². The van der Waals surface area contributed by atoms with Gasteiger partial charge in [-0.15, -0.1) is 0 Å². The van der Waals surface area contributed by atoms with Crippen molar-refractivity contribution >= 4 is 16.6 Å². The molecule has 0 bridgehead atoms. The van der Waals surface area contributed by atoms with Crippen LogP contribution in [0.4, 0.5) is 5.69 Å². The van der Waals surface area contributed by atoms with Crippen molar-refractivity contribution in [3.05, 3.63) is 36.0 Å².